The Labute approximate surface area is 128 Å². The summed E-state index contributed by atoms with van der Waals surface area (Å²) in [4.78, 5) is 0.274. The van der Waals surface area contributed by atoms with Crippen molar-refractivity contribution in [1.82, 2.24) is 4.72 Å². The Hall–Kier alpha value is -1.35. The maximum Gasteiger partial charge on any atom is 0.241 e. The van der Waals surface area contributed by atoms with E-state index >= 15 is 0 Å². The molecule has 0 amide bonds. The molecule has 0 aliphatic carbocycles. The fourth-order valence-corrected chi connectivity index (χ4v) is 3.93. The summed E-state index contributed by atoms with van der Waals surface area (Å²) in [5.41, 5.74) is 6.22. The second-order valence-electron chi connectivity index (χ2n) is 5.73. The topological polar surface area (TPSA) is 72.2 Å². The minimum Gasteiger partial charge on any atom is -0.320 e. The summed E-state index contributed by atoms with van der Waals surface area (Å²) in [6, 6.07) is 5.17. The fraction of sp³-hybridized carbons (Fsp3) is 0.500. The Morgan fingerprint density at radius 2 is 2.00 bits per heavy atom. The number of hydrogen-bond acceptors (Lipinski definition) is 3. The van der Waals surface area contributed by atoms with Crippen LogP contribution in [0.5, 0.6) is 0 Å². The second kappa shape index (κ2) is 7.08. The van der Waals surface area contributed by atoms with Crippen LogP contribution in [-0.2, 0) is 10.0 Å². The predicted molar refractivity (Wildman–Crippen MR) is 86.4 cm³/mol. The maximum absolute atomic E-state index is 12.6. The molecule has 3 N–H and O–H groups in total. The summed E-state index contributed by atoms with van der Waals surface area (Å²) in [7, 11) is -3.57. The van der Waals surface area contributed by atoms with Crippen LogP contribution in [0.2, 0.25) is 0 Å². The Morgan fingerprint density at radius 1 is 1.33 bits per heavy atom. The zero-order valence-electron chi connectivity index (χ0n) is 13.2. The molecule has 0 saturated heterocycles. The minimum absolute atomic E-state index is 0.248. The standard InChI is InChI=1S/C16H24N2O2S/c1-5-10-16(3,4)18-21(19,20)15-12-14(7-6-11-17)9-8-13(15)2/h8-9,12,18H,5,10-11,17H2,1-4H3. The van der Waals surface area contributed by atoms with Crippen LogP contribution in [-0.4, -0.2) is 20.5 Å². The lowest BCUT2D eigenvalue weighted by molar-refractivity contribution is 0.417. The van der Waals surface area contributed by atoms with Gasteiger partial charge in [0.15, 0.2) is 0 Å². The van der Waals surface area contributed by atoms with E-state index in [-0.39, 0.29) is 11.4 Å². The Morgan fingerprint density at radius 3 is 2.57 bits per heavy atom. The van der Waals surface area contributed by atoms with Crippen LogP contribution in [0.1, 0.15) is 44.7 Å². The van der Waals surface area contributed by atoms with Gasteiger partial charge in [0, 0.05) is 11.1 Å². The normalized spacial score (nSPS) is 11.9. The highest BCUT2D eigenvalue weighted by atomic mass is 32.2. The van der Waals surface area contributed by atoms with Crippen molar-refractivity contribution in [3.05, 3.63) is 29.3 Å². The van der Waals surface area contributed by atoms with Crippen LogP contribution >= 0.6 is 0 Å². The third-order valence-electron chi connectivity index (χ3n) is 3.10. The molecule has 1 aromatic rings. The predicted octanol–water partition coefficient (Wildman–Crippen LogP) is 2.16. The molecular formula is C16H24N2O2S. The van der Waals surface area contributed by atoms with Gasteiger partial charge in [-0.1, -0.05) is 31.3 Å². The van der Waals surface area contributed by atoms with Crippen LogP contribution in [0.3, 0.4) is 0 Å². The van der Waals surface area contributed by atoms with E-state index in [2.05, 4.69) is 16.6 Å². The molecule has 4 nitrogen and oxygen atoms in total. The first-order valence-electron chi connectivity index (χ1n) is 7.05. The van der Waals surface area contributed by atoms with Crippen molar-refractivity contribution < 1.29 is 8.42 Å². The Bertz CT molecular complexity index is 653. The van der Waals surface area contributed by atoms with Crippen molar-refractivity contribution in [2.75, 3.05) is 6.54 Å². The number of aryl methyl sites for hydroxylation is 1. The third kappa shape index (κ3) is 5.16. The molecule has 1 rings (SSSR count). The summed E-state index contributed by atoms with van der Waals surface area (Å²) in [6.45, 7) is 7.84. The van der Waals surface area contributed by atoms with E-state index in [4.69, 9.17) is 5.73 Å². The molecule has 0 heterocycles. The minimum atomic E-state index is -3.57. The molecule has 0 unspecified atom stereocenters. The van der Waals surface area contributed by atoms with E-state index < -0.39 is 15.6 Å². The highest BCUT2D eigenvalue weighted by molar-refractivity contribution is 7.89. The summed E-state index contributed by atoms with van der Waals surface area (Å²) in [5, 5.41) is 0. The zero-order chi connectivity index (χ0) is 16.1. The second-order valence-corrected chi connectivity index (χ2v) is 7.38. The molecule has 0 bridgehead atoms. The van der Waals surface area contributed by atoms with Crippen molar-refractivity contribution in [1.29, 1.82) is 0 Å². The average molecular weight is 308 g/mol. The molecule has 5 heteroatoms. The van der Waals surface area contributed by atoms with E-state index in [9.17, 15) is 8.42 Å². The van der Waals surface area contributed by atoms with Crippen molar-refractivity contribution in [3.8, 4) is 11.8 Å². The van der Waals surface area contributed by atoms with E-state index in [0.29, 0.717) is 11.1 Å². The molecular weight excluding hydrogens is 284 g/mol. The maximum atomic E-state index is 12.6. The number of nitrogens with two attached hydrogens (primary N) is 1. The van der Waals surface area contributed by atoms with Crippen molar-refractivity contribution in [2.45, 2.75) is 51.0 Å². The van der Waals surface area contributed by atoms with Gasteiger partial charge < -0.3 is 5.73 Å². The lowest BCUT2D eigenvalue weighted by Gasteiger charge is -2.25. The number of rotatable bonds is 5. The highest BCUT2D eigenvalue weighted by Gasteiger charge is 2.26. The summed E-state index contributed by atoms with van der Waals surface area (Å²) < 4.78 is 27.9. The lowest BCUT2D eigenvalue weighted by atomic mass is 10.0. The number of nitrogens with one attached hydrogen (secondary N) is 1. The molecule has 0 aliphatic rings. The van der Waals surface area contributed by atoms with Gasteiger partial charge in [-0.05, 0) is 44.9 Å². The molecule has 116 valence electrons. The van der Waals surface area contributed by atoms with Gasteiger partial charge in [-0.25, -0.2) is 13.1 Å². The van der Waals surface area contributed by atoms with Crippen LogP contribution in [0.15, 0.2) is 23.1 Å². The van der Waals surface area contributed by atoms with Gasteiger partial charge in [0.05, 0.1) is 11.4 Å². The summed E-state index contributed by atoms with van der Waals surface area (Å²) in [6.07, 6.45) is 1.69. The molecule has 0 fully saturated rings. The molecule has 1 aromatic carbocycles. The Kier molecular flexibility index (Phi) is 5.97. The third-order valence-corrected chi connectivity index (χ3v) is 4.94. The summed E-state index contributed by atoms with van der Waals surface area (Å²) in [5.74, 6) is 5.60. The van der Waals surface area contributed by atoms with Crippen LogP contribution in [0.4, 0.5) is 0 Å². The van der Waals surface area contributed by atoms with E-state index in [0.717, 1.165) is 12.8 Å². The van der Waals surface area contributed by atoms with Gasteiger partial charge in [-0.2, -0.15) is 0 Å². The zero-order valence-corrected chi connectivity index (χ0v) is 14.0. The van der Waals surface area contributed by atoms with Crippen molar-refractivity contribution in [2.24, 2.45) is 5.73 Å². The highest BCUT2D eigenvalue weighted by Crippen LogP contribution is 2.20. The van der Waals surface area contributed by atoms with E-state index in [1.54, 1.807) is 25.1 Å². The quantitative estimate of drug-likeness (QED) is 0.819. The first-order valence-corrected chi connectivity index (χ1v) is 8.54. The van der Waals surface area contributed by atoms with Gasteiger partial charge >= 0.3 is 0 Å². The number of benzene rings is 1. The molecule has 0 saturated carbocycles. The smallest absolute Gasteiger partial charge is 0.241 e. The molecule has 0 aliphatic heterocycles. The SMILES string of the molecule is CCCC(C)(C)NS(=O)(=O)c1cc(C#CCN)ccc1C. The average Bonchev–Trinajstić information content (AvgIpc) is 2.36. The van der Waals surface area contributed by atoms with Crippen LogP contribution in [0.25, 0.3) is 0 Å². The first-order chi connectivity index (χ1) is 9.72. The van der Waals surface area contributed by atoms with Crippen molar-refractivity contribution >= 4 is 10.0 Å². The van der Waals surface area contributed by atoms with Crippen LogP contribution in [0, 0.1) is 18.8 Å². The lowest BCUT2D eigenvalue weighted by Crippen LogP contribution is -2.43. The largest absolute Gasteiger partial charge is 0.320 e. The fourth-order valence-electron chi connectivity index (χ4n) is 2.22. The first kappa shape index (κ1) is 17.7. The van der Waals surface area contributed by atoms with Gasteiger partial charge in [-0.15, -0.1) is 0 Å². The van der Waals surface area contributed by atoms with E-state index in [1.165, 1.54) is 0 Å². The Balaban J connectivity index is 3.19. The van der Waals surface area contributed by atoms with Gasteiger partial charge in [0.1, 0.15) is 0 Å². The molecule has 0 atom stereocenters. The monoisotopic (exact) mass is 308 g/mol. The van der Waals surface area contributed by atoms with Gasteiger partial charge in [-0.3, -0.25) is 0 Å². The molecule has 0 aromatic heterocycles. The number of sulfonamides is 1. The van der Waals surface area contributed by atoms with Crippen LogP contribution < -0.4 is 10.5 Å². The van der Waals surface area contributed by atoms with Crippen molar-refractivity contribution in [3.63, 3.8) is 0 Å². The van der Waals surface area contributed by atoms with Gasteiger partial charge in [0.25, 0.3) is 0 Å². The van der Waals surface area contributed by atoms with E-state index in [1.807, 2.05) is 20.8 Å². The van der Waals surface area contributed by atoms with Gasteiger partial charge in [0.2, 0.25) is 10.0 Å². The molecule has 0 spiro atoms. The molecule has 0 radical (unpaired) electrons. The number of hydrogen-bond donors (Lipinski definition) is 2. The molecule has 21 heavy (non-hydrogen) atoms. The summed E-state index contributed by atoms with van der Waals surface area (Å²) >= 11 is 0.